The molecule has 0 atom stereocenters. The number of benzene rings is 1. The van der Waals surface area contributed by atoms with E-state index >= 15 is 0 Å². The summed E-state index contributed by atoms with van der Waals surface area (Å²) in [6.07, 6.45) is 1.65. The van der Waals surface area contributed by atoms with Crippen molar-refractivity contribution in [2.24, 2.45) is 5.10 Å². The maximum atomic E-state index is 8.71. The third-order valence-electron chi connectivity index (χ3n) is 1.71. The smallest absolute Gasteiger partial charge is 0.137 e. The Kier molecular flexibility index (Phi) is 4.22. The van der Waals surface area contributed by atoms with E-state index in [1.807, 2.05) is 37.3 Å². The van der Waals surface area contributed by atoms with Gasteiger partial charge in [-0.25, -0.2) is 0 Å². The van der Waals surface area contributed by atoms with Gasteiger partial charge in [-0.3, -0.25) is 5.43 Å². The summed E-state index contributed by atoms with van der Waals surface area (Å²) in [7, 11) is 0. The lowest BCUT2D eigenvalue weighted by Gasteiger charge is -1.99. The van der Waals surface area contributed by atoms with Gasteiger partial charge in [-0.05, 0) is 18.6 Å². The monoisotopic (exact) mass is 187 g/mol. The van der Waals surface area contributed by atoms with Crippen molar-refractivity contribution in [2.75, 3.05) is 5.43 Å². The molecule has 1 N–H and O–H groups in total. The highest BCUT2D eigenvalue weighted by Gasteiger charge is 1.94. The largest absolute Gasteiger partial charge is 0.278 e. The van der Waals surface area contributed by atoms with Gasteiger partial charge in [0.2, 0.25) is 0 Å². The van der Waals surface area contributed by atoms with Gasteiger partial charge in [-0.15, -0.1) is 0 Å². The van der Waals surface area contributed by atoms with Crippen molar-refractivity contribution in [3.63, 3.8) is 0 Å². The minimum atomic E-state index is 0.538. The molecule has 0 bridgehead atoms. The summed E-state index contributed by atoms with van der Waals surface area (Å²) in [6.45, 7) is 2.02. The normalized spacial score (nSPS) is 10.7. The highest BCUT2D eigenvalue weighted by Crippen LogP contribution is 2.04. The van der Waals surface area contributed by atoms with Gasteiger partial charge in [0, 0.05) is 6.42 Å². The fraction of sp³-hybridized carbons (Fsp3) is 0.273. The van der Waals surface area contributed by atoms with Crippen LogP contribution < -0.4 is 5.43 Å². The zero-order valence-corrected chi connectivity index (χ0v) is 8.20. The summed E-state index contributed by atoms with van der Waals surface area (Å²) >= 11 is 0. The first-order chi connectivity index (χ1) is 6.86. The van der Waals surface area contributed by atoms with Crippen LogP contribution in [0.15, 0.2) is 35.4 Å². The van der Waals surface area contributed by atoms with Gasteiger partial charge in [0.25, 0.3) is 0 Å². The highest BCUT2D eigenvalue weighted by molar-refractivity contribution is 5.98. The molecule has 0 fully saturated rings. The molecule has 3 nitrogen and oxygen atoms in total. The molecular formula is C11H13N3. The molecule has 1 aromatic carbocycles. The molecule has 0 saturated carbocycles. The van der Waals surface area contributed by atoms with Gasteiger partial charge in [-0.1, -0.05) is 25.1 Å². The van der Waals surface area contributed by atoms with Crippen molar-refractivity contribution < 1.29 is 0 Å². The Hall–Kier alpha value is -1.82. The molecule has 3 heteroatoms. The van der Waals surface area contributed by atoms with Gasteiger partial charge in [0.15, 0.2) is 0 Å². The van der Waals surface area contributed by atoms with Crippen LogP contribution in [-0.2, 0) is 0 Å². The van der Waals surface area contributed by atoms with Crippen LogP contribution in [0.5, 0.6) is 0 Å². The van der Waals surface area contributed by atoms with Crippen molar-refractivity contribution in [3.05, 3.63) is 30.3 Å². The zero-order valence-electron chi connectivity index (χ0n) is 8.20. The molecule has 0 spiro atoms. The van der Waals surface area contributed by atoms with E-state index < -0.39 is 0 Å². The average molecular weight is 187 g/mol. The standard InChI is InChI=1S/C11H13N3/c1-2-6-11(9-12)14-13-10-7-4-3-5-8-10/h3-5,7-8,13H,2,6H2,1H3. The second kappa shape index (κ2) is 5.76. The molecule has 14 heavy (non-hydrogen) atoms. The van der Waals surface area contributed by atoms with E-state index in [9.17, 15) is 0 Å². The lowest BCUT2D eigenvalue weighted by molar-refractivity contribution is 0.992. The molecule has 1 aromatic rings. The van der Waals surface area contributed by atoms with E-state index in [-0.39, 0.29) is 0 Å². The van der Waals surface area contributed by atoms with Gasteiger partial charge >= 0.3 is 0 Å². The highest BCUT2D eigenvalue weighted by atomic mass is 15.3. The molecule has 0 saturated heterocycles. The van der Waals surface area contributed by atoms with E-state index in [0.29, 0.717) is 5.71 Å². The second-order valence-electron chi connectivity index (χ2n) is 2.90. The van der Waals surface area contributed by atoms with Crippen LogP contribution >= 0.6 is 0 Å². The first-order valence-electron chi connectivity index (χ1n) is 4.64. The quantitative estimate of drug-likeness (QED) is 0.582. The predicted molar refractivity (Wildman–Crippen MR) is 58.0 cm³/mol. The van der Waals surface area contributed by atoms with E-state index in [0.717, 1.165) is 18.5 Å². The van der Waals surface area contributed by atoms with Crippen molar-refractivity contribution in [1.82, 2.24) is 0 Å². The van der Waals surface area contributed by atoms with Gasteiger partial charge < -0.3 is 0 Å². The number of anilines is 1. The number of para-hydroxylation sites is 1. The Morgan fingerprint density at radius 1 is 1.43 bits per heavy atom. The number of rotatable bonds is 4. The Morgan fingerprint density at radius 2 is 2.14 bits per heavy atom. The lowest BCUT2D eigenvalue weighted by Crippen LogP contribution is -1.98. The molecule has 0 amide bonds. The number of hydrogen-bond acceptors (Lipinski definition) is 3. The Labute approximate surface area is 84.1 Å². The third kappa shape index (κ3) is 3.28. The first-order valence-corrected chi connectivity index (χ1v) is 4.64. The zero-order chi connectivity index (χ0) is 10.2. The van der Waals surface area contributed by atoms with Crippen LogP contribution in [0.3, 0.4) is 0 Å². The SMILES string of the molecule is CCCC(C#N)=NNc1ccccc1. The van der Waals surface area contributed by atoms with Crippen molar-refractivity contribution in [3.8, 4) is 6.07 Å². The fourth-order valence-corrected chi connectivity index (χ4v) is 1.02. The maximum Gasteiger partial charge on any atom is 0.137 e. The Bertz CT molecular complexity index is 335. The van der Waals surface area contributed by atoms with E-state index in [4.69, 9.17) is 5.26 Å². The topological polar surface area (TPSA) is 48.2 Å². The molecule has 0 aliphatic carbocycles. The summed E-state index contributed by atoms with van der Waals surface area (Å²) in [5, 5.41) is 12.7. The van der Waals surface area contributed by atoms with Crippen LogP contribution in [0.2, 0.25) is 0 Å². The van der Waals surface area contributed by atoms with Crippen LogP contribution in [0.1, 0.15) is 19.8 Å². The number of nitrogens with zero attached hydrogens (tertiary/aromatic N) is 2. The van der Waals surface area contributed by atoms with Crippen molar-refractivity contribution in [1.29, 1.82) is 5.26 Å². The van der Waals surface area contributed by atoms with Crippen LogP contribution in [0, 0.1) is 11.3 Å². The minimum Gasteiger partial charge on any atom is -0.278 e. The Balaban J connectivity index is 2.58. The van der Waals surface area contributed by atoms with E-state index in [2.05, 4.69) is 16.6 Å². The van der Waals surface area contributed by atoms with Gasteiger partial charge in [0.05, 0.1) is 5.69 Å². The summed E-state index contributed by atoms with van der Waals surface area (Å²) in [5.74, 6) is 0. The summed E-state index contributed by atoms with van der Waals surface area (Å²) in [5.41, 5.74) is 4.28. The molecule has 0 heterocycles. The van der Waals surface area contributed by atoms with E-state index in [1.54, 1.807) is 0 Å². The van der Waals surface area contributed by atoms with Crippen LogP contribution in [-0.4, -0.2) is 5.71 Å². The number of nitriles is 1. The second-order valence-corrected chi connectivity index (χ2v) is 2.90. The molecule has 0 aliphatic rings. The van der Waals surface area contributed by atoms with Gasteiger partial charge in [0.1, 0.15) is 11.8 Å². The molecule has 1 rings (SSSR count). The maximum absolute atomic E-state index is 8.71. The third-order valence-corrected chi connectivity index (χ3v) is 1.71. The predicted octanol–water partition coefficient (Wildman–Crippen LogP) is 2.78. The minimum absolute atomic E-state index is 0.538. The number of nitrogens with one attached hydrogen (secondary N) is 1. The number of hydrazone groups is 1. The molecule has 72 valence electrons. The van der Waals surface area contributed by atoms with Gasteiger partial charge in [-0.2, -0.15) is 10.4 Å². The summed E-state index contributed by atoms with van der Waals surface area (Å²) < 4.78 is 0. The summed E-state index contributed by atoms with van der Waals surface area (Å²) in [6, 6.07) is 11.7. The van der Waals surface area contributed by atoms with Crippen molar-refractivity contribution in [2.45, 2.75) is 19.8 Å². The molecule has 0 aliphatic heterocycles. The fourth-order valence-electron chi connectivity index (χ4n) is 1.02. The lowest BCUT2D eigenvalue weighted by atomic mass is 10.2. The first kappa shape index (κ1) is 10.3. The van der Waals surface area contributed by atoms with Crippen LogP contribution in [0.25, 0.3) is 0 Å². The summed E-state index contributed by atoms with van der Waals surface area (Å²) in [4.78, 5) is 0. The average Bonchev–Trinajstić information content (AvgIpc) is 2.25. The molecule has 0 unspecified atom stereocenters. The number of hydrogen-bond donors (Lipinski definition) is 1. The molecular weight excluding hydrogens is 174 g/mol. The molecule has 0 aromatic heterocycles. The van der Waals surface area contributed by atoms with Crippen molar-refractivity contribution >= 4 is 11.4 Å². The van der Waals surface area contributed by atoms with E-state index in [1.165, 1.54) is 0 Å². The molecule has 0 radical (unpaired) electrons. The Morgan fingerprint density at radius 3 is 2.71 bits per heavy atom. The van der Waals surface area contributed by atoms with Crippen LogP contribution in [0.4, 0.5) is 5.69 Å².